The Morgan fingerprint density at radius 3 is 2.27 bits per heavy atom. The zero-order valence-corrected chi connectivity index (χ0v) is 31.3. The molecule has 1 aliphatic rings. The highest BCUT2D eigenvalue weighted by atomic mass is 35.5. The van der Waals surface area contributed by atoms with E-state index < -0.39 is 41.3 Å². The van der Waals surface area contributed by atoms with Crippen LogP contribution in [-0.2, 0) is 18.8 Å². The van der Waals surface area contributed by atoms with Crippen LogP contribution in [0.15, 0.2) is 48.5 Å². The van der Waals surface area contributed by atoms with Crippen molar-refractivity contribution in [3.63, 3.8) is 0 Å². The molecule has 1 saturated heterocycles. The number of esters is 1. The van der Waals surface area contributed by atoms with Crippen LogP contribution >= 0.6 is 11.6 Å². The van der Waals surface area contributed by atoms with E-state index >= 15 is 0 Å². The lowest BCUT2D eigenvalue weighted by atomic mass is 9.69. The fourth-order valence-electron chi connectivity index (χ4n) is 6.74. The first-order valence-electron chi connectivity index (χ1n) is 16.7. The molecule has 268 valence electrons. The molecular formula is C39H43BClF2N3O5. The zero-order valence-electron chi connectivity index (χ0n) is 30.6. The quantitative estimate of drug-likeness (QED) is 0.0818. The van der Waals surface area contributed by atoms with Crippen LogP contribution in [0.4, 0.5) is 14.5 Å². The van der Waals surface area contributed by atoms with Crippen molar-refractivity contribution in [2.45, 2.75) is 79.4 Å². The minimum Gasteiger partial charge on any atom is -0.465 e. The van der Waals surface area contributed by atoms with E-state index in [0.29, 0.717) is 49.9 Å². The number of aryl methyl sites for hydroxylation is 1. The number of halogens is 3. The molecule has 0 bridgehead atoms. The van der Waals surface area contributed by atoms with Crippen LogP contribution in [-0.4, -0.2) is 48.5 Å². The Kier molecular flexibility index (Phi) is 10.3. The molecule has 0 spiro atoms. The topological polar surface area (TPSA) is 111 Å². The van der Waals surface area contributed by atoms with Crippen molar-refractivity contribution in [1.82, 2.24) is 4.98 Å². The van der Waals surface area contributed by atoms with Gasteiger partial charge in [0.15, 0.2) is 0 Å². The number of hydrogen-bond acceptors (Lipinski definition) is 7. The molecule has 2 N–H and O–H groups in total. The number of hydrogen-bond donors (Lipinski definition) is 2. The number of amides is 1. The Morgan fingerprint density at radius 2 is 1.71 bits per heavy atom. The molecule has 0 radical (unpaired) electrons. The molecule has 3 atom stereocenters. The number of methoxy groups -OCH3 is 1. The Labute approximate surface area is 302 Å². The van der Waals surface area contributed by atoms with Gasteiger partial charge < -0.3 is 24.8 Å². The number of anilines is 1. The standard InChI is InChI=1S/C39H43BClF2N3O5/c1-20(22(3)39(9)38(7,8)50-40(51-39)25-13-16-27(29(43)18-25)35(47)49-10)30-31(23-11-14-26(42)15-12-23)28-17-24(19-44)32(46-36(48)37(4,5)6)21(2)33(28)45-34(30)41/h11-20,22,44H,1-10H3,(H,46,48). The normalized spacial score (nSPS) is 18.4. The van der Waals surface area contributed by atoms with Gasteiger partial charge in [-0.05, 0) is 92.0 Å². The van der Waals surface area contributed by atoms with Gasteiger partial charge in [0.05, 0.1) is 35.1 Å². The summed E-state index contributed by atoms with van der Waals surface area (Å²) in [7, 11) is 0.245. The van der Waals surface area contributed by atoms with Gasteiger partial charge >= 0.3 is 13.1 Å². The lowest BCUT2D eigenvalue weighted by Crippen LogP contribution is -2.51. The second-order valence-electron chi connectivity index (χ2n) is 14.9. The first-order chi connectivity index (χ1) is 23.7. The van der Waals surface area contributed by atoms with Crippen molar-refractivity contribution >= 4 is 58.9 Å². The number of benzene rings is 3. The summed E-state index contributed by atoms with van der Waals surface area (Å²) in [6, 6.07) is 12.1. The van der Waals surface area contributed by atoms with E-state index in [2.05, 4.69) is 10.1 Å². The van der Waals surface area contributed by atoms with Gasteiger partial charge in [0.1, 0.15) is 16.8 Å². The van der Waals surface area contributed by atoms with Crippen molar-refractivity contribution in [1.29, 1.82) is 5.41 Å². The second kappa shape index (κ2) is 13.7. The van der Waals surface area contributed by atoms with Gasteiger partial charge in [0, 0.05) is 28.1 Å². The third-order valence-electron chi connectivity index (χ3n) is 10.4. The summed E-state index contributed by atoms with van der Waals surface area (Å²) in [5.74, 6) is -2.80. The lowest BCUT2D eigenvalue weighted by Gasteiger charge is -2.44. The molecule has 3 aromatic carbocycles. The van der Waals surface area contributed by atoms with Crippen LogP contribution in [0, 0.1) is 35.3 Å². The largest absolute Gasteiger partial charge is 0.494 e. The number of fused-ring (bicyclic) bond motifs is 1. The van der Waals surface area contributed by atoms with Gasteiger partial charge in [-0.25, -0.2) is 18.6 Å². The van der Waals surface area contributed by atoms with E-state index in [-0.39, 0.29) is 28.5 Å². The minimum atomic E-state index is -0.968. The average Bonchev–Trinajstić information content (AvgIpc) is 3.33. The number of ether oxygens (including phenoxy) is 1. The summed E-state index contributed by atoms with van der Waals surface area (Å²) >= 11 is 7.15. The summed E-state index contributed by atoms with van der Waals surface area (Å²) in [6.45, 7) is 17.0. The highest BCUT2D eigenvalue weighted by Gasteiger charge is 2.58. The molecule has 51 heavy (non-hydrogen) atoms. The first-order valence-corrected chi connectivity index (χ1v) is 17.1. The molecular weight excluding hydrogens is 675 g/mol. The molecule has 1 aliphatic heterocycles. The molecule has 5 rings (SSSR count). The van der Waals surface area contributed by atoms with Gasteiger partial charge in [-0.2, -0.15) is 0 Å². The van der Waals surface area contributed by atoms with E-state index in [1.807, 2.05) is 62.3 Å². The number of rotatable bonds is 8. The van der Waals surface area contributed by atoms with Crippen LogP contribution < -0.4 is 10.8 Å². The van der Waals surface area contributed by atoms with Gasteiger partial charge in [0.25, 0.3) is 0 Å². The van der Waals surface area contributed by atoms with Gasteiger partial charge in [0.2, 0.25) is 5.91 Å². The first kappa shape index (κ1) is 38.1. The van der Waals surface area contributed by atoms with Gasteiger partial charge in [-0.1, -0.05) is 64.4 Å². The fraction of sp³-hybridized carbons (Fsp3) is 0.385. The Morgan fingerprint density at radius 1 is 1.06 bits per heavy atom. The number of carbonyl (C=O) groups excluding carboxylic acids is 2. The molecule has 0 aliphatic carbocycles. The molecule has 1 aromatic heterocycles. The van der Waals surface area contributed by atoms with Crippen LogP contribution in [0.25, 0.3) is 22.0 Å². The monoisotopic (exact) mass is 717 g/mol. The number of nitrogens with zero attached hydrogens (tertiary/aromatic N) is 1. The van der Waals surface area contributed by atoms with E-state index in [9.17, 15) is 18.4 Å². The molecule has 3 unspecified atom stereocenters. The van der Waals surface area contributed by atoms with Crippen molar-refractivity contribution in [3.8, 4) is 11.1 Å². The van der Waals surface area contributed by atoms with Crippen LogP contribution in [0.3, 0.4) is 0 Å². The molecule has 8 nitrogen and oxygen atoms in total. The molecule has 0 saturated carbocycles. The molecule has 12 heteroatoms. The van der Waals surface area contributed by atoms with Crippen LogP contribution in [0.1, 0.15) is 88.4 Å². The van der Waals surface area contributed by atoms with E-state index in [4.69, 9.17) is 31.3 Å². The van der Waals surface area contributed by atoms with Gasteiger partial charge in [-0.3, -0.25) is 4.79 Å². The highest BCUT2D eigenvalue weighted by molar-refractivity contribution is 6.62. The molecule has 4 aromatic rings. The predicted octanol–water partition coefficient (Wildman–Crippen LogP) is 8.63. The number of aromatic nitrogens is 1. The highest BCUT2D eigenvalue weighted by Crippen LogP contribution is 2.51. The summed E-state index contributed by atoms with van der Waals surface area (Å²) < 4.78 is 47.0. The summed E-state index contributed by atoms with van der Waals surface area (Å²) in [5.41, 5.74) is 1.85. The predicted molar refractivity (Wildman–Crippen MR) is 198 cm³/mol. The summed E-state index contributed by atoms with van der Waals surface area (Å²) in [5, 5.41) is 12.2. The maximum atomic E-state index is 15.0. The number of carbonyl (C=O) groups is 2. The van der Waals surface area contributed by atoms with Crippen molar-refractivity contribution < 1.29 is 32.4 Å². The summed E-state index contributed by atoms with van der Waals surface area (Å²) in [6.07, 6.45) is 1.19. The van der Waals surface area contributed by atoms with Crippen molar-refractivity contribution in [2.75, 3.05) is 12.4 Å². The van der Waals surface area contributed by atoms with E-state index in [0.717, 1.165) is 0 Å². The molecule has 2 heterocycles. The third-order valence-corrected chi connectivity index (χ3v) is 10.7. The van der Waals surface area contributed by atoms with Crippen molar-refractivity contribution in [2.24, 2.45) is 11.3 Å². The lowest BCUT2D eigenvalue weighted by molar-refractivity contribution is -0.123. The van der Waals surface area contributed by atoms with Crippen LogP contribution in [0.5, 0.6) is 0 Å². The number of pyridine rings is 1. The maximum Gasteiger partial charge on any atom is 0.494 e. The van der Waals surface area contributed by atoms with Gasteiger partial charge in [-0.15, -0.1) is 0 Å². The average molecular weight is 718 g/mol. The Bertz CT molecular complexity index is 2050. The fourth-order valence-corrected chi connectivity index (χ4v) is 7.09. The second-order valence-corrected chi connectivity index (χ2v) is 15.3. The molecule has 1 amide bonds. The zero-order chi connectivity index (χ0) is 37.8. The third kappa shape index (κ3) is 6.79. The summed E-state index contributed by atoms with van der Waals surface area (Å²) in [4.78, 5) is 29.9. The van der Waals surface area contributed by atoms with E-state index in [1.54, 1.807) is 24.3 Å². The Hall–Kier alpha value is -4.19. The minimum absolute atomic E-state index is 0.194. The van der Waals surface area contributed by atoms with E-state index in [1.165, 1.54) is 37.6 Å². The smallest absolute Gasteiger partial charge is 0.465 e. The SMILES string of the molecule is COC(=O)c1ccc(B2OC(C)(C)C(C)(C(C)C(C)c3c(Cl)nc4c(C)c(NC(=O)C(C)(C)C)c(C=N)cc4c3-c3ccc(F)cc3)O2)cc1F. The molecule has 1 fully saturated rings. The van der Waals surface area contributed by atoms with Crippen molar-refractivity contribution in [3.05, 3.63) is 87.6 Å². The Balaban J connectivity index is 1.65. The van der Waals surface area contributed by atoms with Crippen LogP contribution in [0.2, 0.25) is 5.15 Å². The number of nitrogens with one attached hydrogen (secondary N) is 2. The maximum absolute atomic E-state index is 15.0.